The molecule has 0 fully saturated rings. The molecular formula is C75H114O5. The zero-order valence-electron chi connectivity index (χ0n) is 50.7. The number of carbonyl (C=O) groups is 2. The third-order valence-electron chi connectivity index (χ3n) is 12.6. The van der Waals surface area contributed by atoms with Crippen molar-refractivity contribution >= 4 is 11.9 Å². The lowest BCUT2D eigenvalue weighted by Gasteiger charge is -2.15. The van der Waals surface area contributed by atoms with Crippen LogP contribution in [0.15, 0.2) is 207 Å². The van der Waals surface area contributed by atoms with Crippen molar-refractivity contribution in [1.29, 1.82) is 0 Å². The van der Waals surface area contributed by atoms with Crippen molar-refractivity contribution in [3.63, 3.8) is 0 Å². The monoisotopic (exact) mass is 1090 g/mol. The fourth-order valence-corrected chi connectivity index (χ4v) is 7.92. The Kier molecular flexibility index (Phi) is 63.1. The molecule has 0 aromatic carbocycles. The van der Waals surface area contributed by atoms with Gasteiger partial charge in [-0.1, -0.05) is 278 Å². The molecule has 444 valence electrons. The van der Waals surface area contributed by atoms with Gasteiger partial charge in [0, 0.05) is 12.8 Å². The standard InChI is InChI=1S/C75H114O5/c1-3-5-7-9-11-13-15-17-19-21-23-25-27-29-31-33-35-36-37-38-40-41-43-45-47-49-51-53-55-57-59-61-63-65-67-69-74(77)79-72-73(71-76)80-75(78)70-68-66-64-62-60-58-56-54-52-50-48-46-44-42-39-34-32-30-28-26-24-22-20-18-16-14-12-10-8-6-4-2/h5-8,11-14,17-20,23-26,29-32,35-36,38-40,42-43,45-46,48,52,54,58,60,73,76H,3-4,9-10,15-16,21-22,27-28,33-34,37,41,44,47,49-51,53,55-57,59,61-72H2,1-2H3/b7-5-,8-6-,13-11-,14-12-,19-17-,20-18-,25-23-,26-24-,31-29-,32-30-,36-35-,40-38-,42-39-,45-43-,48-46-,54-52-,60-58-. The molecule has 0 saturated heterocycles. The van der Waals surface area contributed by atoms with E-state index in [1.165, 1.54) is 51.4 Å². The number of aliphatic hydroxyl groups excluding tert-OH is 1. The van der Waals surface area contributed by atoms with Crippen LogP contribution in [0.2, 0.25) is 0 Å². The lowest BCUT2D eigenvalue weighted by molar-refractivity contribution is -0.161. The molecular weight excluding hydrogens is 981 g/mol. The van der Waals surface area contributed by atoms with Crippen molar-refractivity contribution in [2.24, 2.45) is 0 Å². The number of unbranched alkanes of at least 4 members (excludes halogenated alkanes) is 13. The Morgan fingerprint density at radius 1 is 0.287 bits per heavy atom. The van der Waals surface area contributed by atoms with Gasteiger partial charge in [-0.25, -0.2) is 0 Å². The molecule has 0 aliphatic carbocycles. The molecule has 80 heavy (non-hydrogen) atoms. The van der Waals surface area contributed by atoms with Gasteiger partial charge < -0.3 is 14.6 Å². The Morgan fingerprint density at radius 3 is 0.762 bits per heavy atom. The number of hydrogen-bond donors (Lipinski definition) is 1. The summed E-state index contributed by atoms with van der Waals surface area (Å²) in [5, 5.41) is 9.68. The maximum atomic E-state index is 12.3. The fourth-order valence-electron chi connectivity index (χ4n) is 7.92. The van der Waals surface area contributed by atoms with E-state index in [0.717, 1.165) is 154 Å². The first-order valence-corrected chi connectivity index (χ1v) is 31.6. The van der Waals surface area contributed by atoms with Gasteiger partial charge in [0.2, 0.25) is 0 Å². The van der Waals surface area contributed by atoms with E-state index in [4.69, 9.17) is 9.47 Å². The van der Waals surface area contributed by atoms with Gasteiger partial charge in [-0.3, -0.25) is 9.59 Å². The summed E-state index contributed by atoms with van der Waals surface area (Å²) < 4.78 is 10.7. The van der Waals surface area contributed by atoms with E-state index < -0.39 is 6.10 Å². The van der Waals surface area contributed by atoms with E-state index in [0.29, 0.717) is 12.8 Å². The van der Waals surface area contributed by atoms with Crippen LogP contribution in [0.5, 0.6) is 0 Å². The minimum Gasteiger partial charge on any atom is -0.462 e. The first-order valence-electron chi connectivity index (χ1n) is 31.6. The van der Waals surface area contributed by atoms with Gasteiger partial charge in [0.15, 0.2) is 6.10 Å². The highest BCUT2D eigenvalue weighted by atomic mass is 16.6. The minimum atomic E-state index is -0.810. The average molecular weight is 1100 g/mol. The molecule has 0 aliphatic rings. The Labute approximate surface area is 491 Å². The molecule has 0 aromatic heterocycles. The van der Waals surface area contributed by atoms with Crippen molar-refractivity contribution in [3.05, 3.63) is 207 Å². The Hall–Kier alpha value is -5.52. The Bertz CT molecular complexity index is 1910. The summed E-state index contributed by atoms with van der Waals surface area (Å²) >= 11 is 0. The summed E-state index contributed by atoms with van der Waals surface area (Å²) in [7, 11) is 0. The normalized spacial score (nSPS) is 13.7. The Balaban J connectivity index is 3.66. The zero-order chi connectivity index (χ0) is 57.6. The van der Waals surface area contributed by atoms with Crippen LogP contribution in [0.25, 0.3) is 0 Å². The summed E-state index contributed by atoms with van der Waals surface area (Å²) in [6, 6.07) is 0. The predicted octanol–water partition coefficient (Wildman–Crippen LogP) is 22.2. The SMILES string of the molecule is CC/C=C\C/C=C\C/C=C\C/C=C\C/C=C\C/C=C\C/C=C\C/C=C\C/C=C\CCCCCC(=O)OC(CO)COC(=O)CCCCCCCCCCCC/C=C\C/C=C\C/C=C\C/C=C\C/C=C\C/C=C\C/C=C\C/C=C\CC. The van der Waals surface area contributed by atoms with Gasteiger partial charge in [0.1, 0.15) is 6.61 Å². The molecule has 0 radical (unpaired) electrons. The van der Waals surface area contributed by atoms with Gasteiger partial charge in [-0.15, -0.1) is 0 Å². The molecule has 0 bridgehead atoms. The van der Waals surface area contributed by atoms with E-state index in [9.17, 15) is 14.7 Å². The summed E-state index contributed by atoms with van der Waals surface area (Å²) in [6.45, 7) is 3.87. The molecule has 1 N–H and O–H groups in total. The minimum absolute atomic E-state index is 0.0964. The Morgan fingerprint density at radius 2 is 0.500 bits per heavy atom. The third kappa shape index (κ3) is 65.0. The van der Waals surface area contributed by atoms with Crippen molar-refractivity contribution in [2.75, 3.05) is 13.2 Å². The molecule has 1 unspecified atom stereocenters. The molecule has 0 amide bonds. The van der Waals surface area contributed by atoms with E-state index in [2.05, 4.69) is 220 Å². The third-order valence-corrected chi connectivity index (χ3v) is 12.6. The van der Waals surface area contributed by atoms with Gasteiger partial charge in [0.25, 0.3) is 0 Å². The van der Waals surface area contributed by atoms with E-state index in [1.807, 2.05) is 0 Å². The molecule has 0 rings (SSSR count). The highest BCUT2D eigenvalue weighted by Crippen LogP contribution is 2.14. The first kappa shape index (κ1) is 74.5. The molecule has 0 saturated carbocycles. The molecule has 0 aromatic rings. The molecule has 0 heterocycles. The van der Waals surface area contributed by atoms with Crippen LogP contribution < -0.4 is 0 Å². The van der Waals surface area contributed by atoms with Crippen LogP contribution >= 0.6 is 0 Å². The van der Waals surface area contributed by atoms with Gasteiger partial charge in [-0.2, -0.15) is 0 Å². The molecule has 5 nitrogen and oxygen atoms in total. The van der Waals surface area contributed by atoms with Gasteiger partial charge in [0.05, 0.1) is 6.61 Å². The van der Waals surface area contributed by atoms with E-state index in [1.54, 1.807) is 0 Å². The van der Waals surface area contributed by atoms with Gasteiger partial charge >= 0.3 is 11.9 Å². The largest absolute Gasteiger partial charge is 0.462 e. The second kappa shape index (κ2) is 67.8. The van der Waals surface area contributed by atoms with Crippen molar-refractivity contribution in [3.8, 4) is 0 Å². The number of esters is 2. The topological polar surface area (TPSA) is 72.8 Å². The second-order valence-electron chi connectivity index (χ2n) is 20.0. The number of carbonyl (C=O) groups excluding carboxylic acids is 2. The van der Waals surface area contributed by atoms with Crippen molar-refractivity contribution < 1.29 is 24.2 Å². The maximum absolute atomic E-state index is 12.3. The molecule has 5 heteroatoms. The summed E-state index contributed by atoms with van der Waals surface area (Å²) in [6.07, 6.45) is 109. The van der Waals surface area contributed by atoms with Crippen LogP contribution in [-0.2, 0) is 19.1 Å². The quantitative estimate of drug-likeness (QED) is 0.0373. The van der Waals surface area contributed by atoms with Crippen LogP contribution in [-0.4, -0.2) is 36.4 Å². The van der Waals surface area contributed by atoms with Crippen LogP contribution in [0.1, 0.15) is 232 Å². The number of allylic oxidation sites excluding steroid dienone is 34. The van der Waals surface area contributed by atoms with E-state index >= 15 is 0 Å². The highest BCUT2D eigenvalue weighted by molar-refractivity contribution is 5.70. The van der Waals surface area contributed by atoms with Crippen molar-refractivity contribution in [2.45, 2.75) is 238 Å². The lowest BCUT2D eigenvalue weighted by Crippen LogP contribution is -2.28. The van der Waals surface area contributed by atoms with E-state index in [-0.39, 0.29) is 25.2 Å². The number of aliphatic hydroxyl groups is 1. The first-order chi connectivity index (χ1) is 39.6. The summed E-state index contributed by atoms with van der Waals surface area (Å²) in [4.78, 5) is 24.6. The molecule has 0 spiro atoms. The molecule has 1 atom stereocenters. The second-order valence-corrected chi connectivity index (χ2v) is 20.0. The van der Waals surface area contributed by atoms with Crippen molar-refractivity contribution in [1.82, 2.24) is 0 Å². The van der Waals surface area contributed by atoms with Crippen LogP contribution in [0, 0.1) is 0 Å². The number of hydrogen-bond acceptors (Lipinski definition) is 5. The fraction of sp³-hybridized carbons (Fsp3) is 0.520. The molecule has 0 aliphatic heterocycles. The van der Waals surface area contributed by atoms with Gasteiger partial charge in [-0.05, 0) is 148 Å². The number of rotatable bonds is 55. The summed E-state index contributed by atoms with van der Waals surface area (Å²) in [5.41, 5.74) is 0. The maximum Gasteiger partial charge on any atom is 0.306 e. The highest BCUT2D eigenvalue weighted by Gasteiger charge is 2.16. The smallest absolute Gasteiger partial charge is 0.306 e. The lowest BCUT2D eigenvalue weighted by atomic mass is 10.1. The average Bonchev–Trinajstić information content (AvgIpc) is 3.46. The zero-order valence-corrected chi connectivity index (χ0v) is 50.7. The predicted molar refractivity (Wildman–Crippen MR) is 352 cm³/mol. The van der Waals surface area contributed by atoms with Crippen LogP contribution in [0.4, 0.5) is 0 Å². The van der Waals surface area contributed by atoms with Crippen LogP contribution in [0.3, 0.4) is 0 Å². The number of ether oxygens (including phenoxy) is 2. The summed E-state index contributed by atoms with van der Waals surface area (Å²) in [5.74, 6) is -0.650.